The Bertz CT molecular complexity index is 1140. The van der Waals surface area contributed by atoms with Crippen LogP contribution in [0, 0.1) is 0 Å². The van der Waals surface area contributed by atoms with Crippen LogP contribution in [0.1, 0.15) is 28.4 Å². The van der Waals surface area contributed by atoms with Gasteiger partial charge in [-0.15, -0.1) is 5.10 Å². The Labute approximate surface area is 191 Å². The molecule has 4 aromatic rings. The smallest absolute Gasteiger partial charge is 0.338 e. The molecular formula is C25H23N5O3. The first kappa shape index (κ1) is 21.9. The standard InChI is InChI=1S/C25H23N5O3/c1-19(33-25(32)22-12-14-23(15-13-22)30-18-26-27-28-30)24(31)29(16-20-8-4-2-5-9-20)17-21-10-6-3-7-11-21/h2-15,18-19H,16-17H2,1H3. The van der Waals surface area contributed by atoms with Gasteiger partial charge in [-0.3, -0.25) is 4.79 Å². The fourth-order valence-corrected chi connectivity index (χ4v) is 3.39. The molecule has 0 saturated carbocycles. The molecule has 1 unspecified atom stereocenters. The van der Waals surface area contributed by atoms with Crippen LogP contribution in [-0.2, 0) is 22.6 Å². The van der Waals surface area contributed by atoms with Gasteiger partial charge in [0.1, 0.15) is 6.33 Å². The highest BCUT2D eigenvalue weighted by Gasteiger charge is 2.25. The van der Waals surface area contributed by atoms with Gasteiger partial charge in [0.05, 0.1) is 11.3 Å². The number of carbonyl (C=O) groups excluding carboxylic acids is 2. The zero-order valence-corrected chi connectivity index (χ0v) is 18.1. The Morgan fingerprint density at radius 3 is 1.97 bits per heavy atom. The molecule has 0 N–H and O–H groups in total. The molecule has 166 valence electrons. The van der Waals surface area contributed by atoms with Crippen LogP contribution >= 0.6 is 0 Å². The first-order valence-electron chi connectivity index (χ1n) is 10.5. The van der Waals surface area contributed by atoms with Crippen LogP contribution in [0.2, 0.25) is 0 Å². The molecule has 0 aliphatic carbocycles. The third-order valence-electron chi connectivity index (χ3n) is 5.09. The lowest BCUT2D eigenvalue weighted by Gasteiger charge is -2.26. The van der Waals surface area contributed by atoms with Crippen molar-refractivity contribution in [3.8, 4) is 5.69 Å². The third-order valence-corrected chi connectivity index (χ3v) is 5.09. The minimum atomic E-state index is -0.941. The Morgan fingerprint density at radius 2 is 1.45 bits per heavy atom. The fraction of sp³-hybridized carbons (Fsp3) is 0.160. The molecule has 3 aromatic carbocycles. The van der Waals surface area contributed by atoms with Crippen molar-refractivity contribution in [1.29, 1.82) is 0 Å². The molecule has 0 spiro atoms. The van der Waals surface area contributed by atoms with Gasteiger partial charge in [-0.25, -0.2) is 9.48 Å². The molecule has 0 aliphatic heterocycles. The zero-order chi connectivity index (χ0) is 23.0. The number of tetrazole rings is 1. The van der Waals surface area contributed by atoms with Gasteiger partial charge >= 0.3 is 5.97 Å². The lowest BCUT2D eigenvalue weighted by atomic mass is 10.1. The van der Waals surface area contributed by atoms with Crippen molar-refractivity contribution < 1.29 is 14.3 Å². The number of benzene rings is 3. The number of esters is 1. The van der Waals surface area contributed by atoms with Gasteiger partial charge in [0, 0.05) is 13.1 Å². The van der Waals surface area contributed by atoms with E-state index in [0.717, 1.165) is 11.1 Å². The van der Waals surface area contributed by atoms with E-state index in [0.29, 0.717) is 24.3 Å². The van der Waals surface area contributed by atoms with E-state index in [1.807, 2.05) is 60.7 Å². The second kappa shape index (κ2) is 10.3. The van der Waals surface area contributed by atoms with E-state index in [-0.39, 0.29) is 5.91 Å². The number of ether oxygens (including phenoxy) is 1. The average Bonchev–Trinajstić information content (AvgIpc) is 3.40. The molecule has 1 aromatic heterocycles. The SMILES string of the molecule is CC(OC(=O)c1ccc(-n2cnnn2)cc1)C(=O)N(Cc1ccccc1)Cc1ccccc1. The van der Waals surface area contributed by atoms with E-state index in [2.05, 4.69) is 15.5 Å². The summed E-state index contributed by atoms with van der Waals surface area (Å²) in [6.45, 7) is 2.42. The second-order valence-corrected chi connectivity index (χ2v) is 7.51. The van der Waals surface area contributed by atoms with Crippen LogP contribution in [0.5, 0.6) is 0 Å². The topological polar surface area (TPSA) is 90.2 Å². The van der Waals surface area contributed by atoms with Gasteiger partial charge in [-0.2, -0.15) is 0 Å². The predicted octanol–water partition coefficient (Wildman–Crippen LogP) is 3.44. The van der Waals surface area contributed by atoms with Gasteiger partial charge in [-0.1, -0.05) is 60.7 Å². The number of hydrogen-bond donors (Lipinski definition) is 0. The monoisotopic (exact) mass is 441 g/mol. The van der Waals surface area contributed by atoms with Crippen molar-refractivity contribution in [2.45, 2.75) is 26.1 Å². The van der Waals surface area contributed by atoms with Gasteiger partial charge < -0.3 is 9.64 Å². The summed E-state index contributed by atoms with van der Waals surface area (Å²) in [5.74, 6) is -0.833. The quantitative estimate of drug-likeness (QED) is 0.389. The highest BCUT2D eigenvalue weighted by Crippen LogP contribution is 2.15. The number of amides is 1. The number of hydrogen-bond acceptors (Lipinski definition) is 6. The third kappa shape index (κ3) is 5.68. The van der Waals surface area contributed by atoms with Crippen LogP contribution in [0.15, 0.2) is 91.3 Å². The lowest BCUT2D eigenvalue weighted by molar-refractivity contribution is -0.141. The summed E-state index contributed by atoms with van der Waals surface area (Å²) in [5.41, 5.74) is 3.04. The Morgan fingerprint density at radius 1 is 0.879 bits per heavy atom. The zero-order valence-electron chi connectivity index (χ0n) is 18.1. The summed E-state index contributed by atoms with van der Waals surface area (Å²) in [5, 5.41) is 11.0. The Kier molecular flexibility index (Phi) is 6.84. The summed E-state index contributed by atoms with van der Waals surface area (Å²) in [6.07, 6.45) is 0.520. The van der Waals surface area contributed by atoms with E-state index in [1.165, 1.54) is 11.0 Å². The van der Waals surface area contributed by atoms with E-state index in [9.17, 15) is 9.59 Å². The van der Waals surface area contributed by atoms with Crippen molar-refractivity contribution in [3.63, 3.8) is 0 Å². The molecule has 0 fully saturated rings. The van der Waals surface area contributed by atoms with Crippen molar-refractivity contribution in [2.75, 3.05) is 0 Å². The van der Waals surface area contributed by atoms with E-state index < -0.39 is 12.1 Å². The van der Waals surface area contributed by atoms with E-state index in [4.69, 9.17) is 4.74 Å². The normalized spacial score (nSPS) is 11.5. The van der Waals surface area contributed by atoms with Crippen molar-refractivity contribution in [3.05, 3.63) is 108 Å². The largest absolute Gasteiger partial charge is 0.449 e. The lowest BCUT2D eigenvalue weighted by Crippen LogP contribution is -2.39. The summed E-state index contributed by atoms with van der Waals surface area (Å²) in [4.78, 5) is 27.6. The van der Waals surface area contributed by atoms with Gasteiger partial charge in [-0.05, 0) is 52.7 Å². The first-order chi connectivity index (χ1) is 16.1. The van der Waals surface area contributed by atoms with Crippen molar-refractivity contribution >= 4 is 11.9 Å². The number of aromatic nitrogens is 4. The van der Waals surface area contributed by atoms with Crippen molar-refractivity contribution in [2.24, 2.45) is 0 Å². The van der Waals surface area contributed by atoms with E-state index >= 15 is 0 Å². The van der Waals surface area contributed by atoms with Gasteiger partial charge in [0.2, 0.25) is 0 Å². The summed E-state index contributed by atoms with van der Waals surface area (Å²) in [6, 6.07) is 26.1. The van der Waals surface area contributed by atoms with Gasteiger partial charge in [0.15, 0.2) is 6.10 Å². The van der Waals surface area contributed by atoms with Crippen LogP contribution in [-0.4, -0.2) is 43.1 Å². The van der Waals surface area contributed by atoms with Crippen LogP contribution < -0.4 is 0 Å². The molecule has 8 heteroatoms. The van der Waals surface area contributed by atoms with Crippen LogP contribution in [0.4, 0.5) is 0 Å². The molecule has 0 bridgehead atoms. The molecule has 1 amide bonds. The second-order valence-electron chi connectivity index (χ2n) is 7.51. The Hall–Kier alpha value is -4.33. The molecule has 8 nitrogen and oxygen atoms in total. The summed E-state index contributed by atoms with van der Waals surface area (Å²) in [7, 11) is 0. The number of nitrogens with zero attached hydrogens (tertiary/aromatic N) is 5. The van der Waals surface area contributed by atoms with Crippen molar-refractivity contribution in [1.82, 2.24) is 25.1 Å². The minimum Gasteiger partial charge on any atom is -0.449 e. The number of carbonyl (C=O) groups is 2. The molecule has 1 heterocycles. The average molecular weight is 441 g/mol. The fourth-order valence-electron chi connectivity index (χ4n) is 3.39. The molecule has 0 radical (unpaired) electrons. The van der Waals surface area contributed by atoms with Crippen LogP contribution in [0.3, 0.4) is 0 Å². The molecule has 0 aliphatic rings. The maximum Gasteiger partial charge on any atom is 0.338 e. The van der Waals surface area contributed by atoms with Gasteiger partial charge in [0.25, 0.3) is 5.91 Å². The minimum absolute atomic E-state index is 0.263. The molecule has 4 rings (SSSR count). The highest BCUT2D eigenvalue weighted by atomic mass is 16.5. The first-order valence-corrected chi connectivity index (χ1v) is 10.5. The predicted molar refractivity (Wildman–Crippen MR) is 121 cm³/mol. The summed E-state index contributed by atoms with van der Waals surface area (Å²) >= 11 is 0. The number of rotatable bonds is 8. The van der Waals surface area contributed by atoms with E-state index in [1.54, 1.807) is 36.1 Å². The molecular weight excluding hydrogens is 418 g/mol. The molecule has 0 saturated heterocycles. The maximum atomic E-state index is 13.3. The Balaban J connectivity index is 1.45. The highest BCUT2D eigenvalue weighted by molar-refractivity contribution is 5.92. The summed E-state index contributed by atoms with van der Waals surface area (Å²) < 4.78 is 6.99. The molecule has 1 atom stereocenters. The maximum absolute atomic E-state index is 13.3. The molecule has 33 heavy (non-hydrogen) atoms. The van der Waals surface area contributed by atoms with Crippen LogP contribution in [0.25, 0.3) is 5.69 Å².